The standard InChI is InChI=1S/C17H26N2O2/c1-13(18-12-15-5-3-8-19(15)2)14-6-7-16-17(11-14)21-10-4-9-20-16/h6-7,11,13,15,18H,3-5,8-10,12H2,1-2H3. The van der Waals surface area contributed by atoms with Gasteiger partial charge in [0.05, 0.1) is 13.2 Å². The SMILES string of the molecule is CC(NCC1CCCN1C)c1ccc2c(c1)OCCCO2. The molecule has 1 aromatic carbocycles. The molecular formula is C17H26N2O2. The molecule has 21 heavy (non-hydrogen) atoms. The summed E-state index contributed by atoms with van der Waals surface area (Å²) >= 11 is 0. The Balaban J connectivity index is 1.61. The van der Waals surface area contributed by atoms with Gasteiger partial charge in [-0.2, -0.15) is 0 Å². The lowest BCUT2D eigenvalue weighted by atomic mass is 10.1. The monoisotopic (exact) mass is 290 g/mol. The van der Waals surface area contributed by atoms with E-state index in [1.807, 2.05) is 6.07 Å². The molecule has 1 fully saturated rings. The first-order chi connectivity index (χ1) is 10.2. The molecule has 0 aliphatic carbocycles. The second kappa shape index (κ2) is 6.67. The number of hydrogen-bond acceptors (Lipinski definition) is 4. The van der Waals surface area contributed by atoms with Crippen molar-refractivity contribution in [3.63, 3.8) is 0 Å². The van der Waals surface area contributed by atoms with E-state index in [1.54, 1.807) is 0 Å². The second-order valence-electron chi connectivity index (χ2n) is 6.16. The molecule has 0 spiro atoms. The predicted molar refractivity (Wildman–Crippen MR) is 84.1 cm³/mol. The van der Waals surface area contributed by atoms with Gasteiger partial charge in [-0.05, 0) is 51.1 Å². The quantitative estimate of drug-likeness (QED) is 0.924. The predicted octanol–water partition coefficient (Wildman–Crippen LogP) is 2.59. The Morgan fingerprint density at radius 2 is 2.05 bits per heavy atom. The summed E-state index contributed by atoms with van der Waals surface area (Å²) in [5.41, 5.74) is 1.26. The molecule has 0 amide bonds. The van der Waals surface area contributed by atoms with Gasteiger partial charge in [-0.15, -0.1) is 0 Å². The van der Waals surface area contributed by atoms with Crippen LogP contribution in [0, 0.1) is 0 Å². The maximum absolute atomic E-state index is 5.77. The third-order valence-electron chi connectivity index (χ3n) is 4.60. The van der Waals surface area contributed by atoms with Crippen LogP contribution in [0.5, 0.6) is 11.5 Å². The molecule has 0 radical (unpaired) electrons. The van der Waals surface area contributed by atoms with Crippen LogP contribution in [0.25, 0.3) is 0 Å². The molecule has 116 valence electrons. The summed E-state index contributed by atoms with van der Waals surface area (Å²) in [6, 6.07) is 7.31. The largest absolute Gasteiger partial charge is 0.490 e. The Kier molecular flexibility index (Phi) is 4.66. The Morgan fingerprint density at radius 3 is 2.81 bits per heavy atom. The number of nitrogens with one attached hydrogen (secondary N) is 1. The summed E-state index contributed by atoms with van der Waals surface area (Å²) in [6.45, 7) is 5.98. The highest BCUT2D eigenvalue weighted by Crippen LogP contribution is 2.32. The second-order valence-corrected chi connectivity index (χ2v) is 6.16. The zero-order valence-electron chi connectivity index (χ0n) is 13.1. The fourth-order valence-electron chi connectivity index (χ4n) is 3.12. The number of benzene rings is 1. The number of nitrogens with zero attached hydrogens (tertiary/aromatic N) is 1. The van der Waals surface area contributed by atoms with E-state index >= 15 is 0 Å². The minimum absolute atomic E-state index is 0.330. The van der Waals surface area contributed by atoms with E-state index in [0.717, 1.165) is 37.7 Å². The number of ether oxygens (including phenoxy) is 2. The lowest BCUT2D eigenvalue weighted by Gasteiger charge is -2.23. The summed E-state index contributed by atoms with van der Waals surface area (Å²) in [4.78, 5) is 2.45. The van der Waals surface area contributed by atoms with Crippen molar-refractivity contribution in [2.75, 3.05) is 33.4 Å². The molecule has 0 bridgehead atoms. The number of likely N-dealkylation sites (tertiary alicyclic amines) is 1. The Bertz CT molecular complexity index is 478. The highest BCUT2D eigenvalue weighted by Gasteiger charge is 2.21. The molecule has 2 unspecified atom stereocenters. The van der Waals surface area contributed by atoms with Crippen molar-refractivity contribution in [3.8, 4) is 11.5 Å². The smallest absolute Gasteiger partial charge is 0.161 e. The van der Waals surface area contributed by atoms with Crippen molar-refractivity contribution >= 4 is 0 Å². The van der Waals surface area contributed by atoms with Crippen molar-refractivity contribution in [2.45, 2.75) is 38.3 Å². The maximum Gasteiger partial charge on any atom is 0.161 e. The molecule has 1 N–H and O–H groups in total. The van der Waals surface area contributed by atoms with Crippen LogP contribution >= 0.6 is 0 Å². The van der Waals surface area contributed by atoms with Gasteiger partial charge in [-0.25, -0.2) is 0 Å². The summed E-state index contributed by atoms with van der Waals surface area (Å²) in [5, 5.41) is 3.66. The van der Waals surface area contributed by atoms with E-state index in [0.29, 0.717) is 12.1 Å². The highest BCUT2D eigenvalue weighted by molar-refractivity contribution is 5.44. The summed E-state index contributed by atoms with van der Waals surface area (Å²) in [6.07, 6.45) is 3.57. The minimum Gasteiger partial charge on any atom is -0.490 e. The van der Waals surface area contributed by atoms with Crippen LogP contribution in [-0.4, -0.2) is 44.3 Å². The average Bonchev–Trinajstić information content (AvgIpc) is 2.76. The molecular weight excluding hydrogens is 264 g/mol. The van der Waals surface area contributed by atoms with E-state index in [-0.39, 0.29) is 0 Å². The molecule has 4 heteroatoms. The van der Waals surface area contributed by atoms with Crippen LogP contribution in [0.15, 0.2) is 18.2 Å². The molecule has 2 aliphatic heterocycles. The van der Waals surface area contributed by atoms with Crippen LogP contribution in [0.1, 0.15) is 37.8 Å². The van der Waals surface area contributed by atoms with Gasteiger partial charge in [0.15, 0.2) is 11.5 Å². The van der Waals surface area contributed by atoms with Crippen molar-refractivity contribution in [3.05, 3.63) is 23.8 Å². The normalized spacial score (nSPS) is 23.8. The van der Waals surface area contributed by atoms with Crippen LogP contribution in [0.2, 0.25) is 0 Å². The highest BCUT2D eigenvalue weighted by atomic mass is 16.5. The third kappa shape index (κ3) is 3.50. The van der Waals surface area contributed by atoms with E-state index in [2.05, 4.69) is 36.3 Å². The van der Waals surface area contributed by atoms with Crippen LogP contribution in [-0.2, 0) is 0 Å². The molecule has 2 heterocycles. The summed E-state index contributed by atoms with van der Waals surface area (Å²) in [5.74, 6) is 1.76. The average molecular weight is 290 g/mol. The first-order valence-electron chi connectivity index (χ1n) is 8.07. The van der Waals surface area contributed by atoms with Crippen molar-refractivity contribution in [2.24, 2.45) is 0 Å². The number of rotatable bonds is 4. The van der Waals surface area contributed by atoms with Crippen LogP contribution in [0.4, 0.5) is 0 Å². The van der Waals surface area contributed by atoms with Gasteiger partial charge in [0.1, 0.15) is 0 Å². The van der Waals surface area contributed by atoms with Crippen molar-refractivity contribution in [1.29, 1.82) is 0 Å². The van der Waals surface area contributed by atoms with E-state index < -0.39 is 0 Å². The molecule has 1 aromatic rings. The lowest BCUT2D eigenvalue weighted by Crippen LogP contribution is -2.36. The zero-order valence-corrected chi connectivity index (χ0v) is 13.1. The molecule has 3 rings (SSSR count). The fraction of sp³-hybridized carbons (Fsp3) is 0.647. The van der Waals surface area contributed by atoms with Crippen molar-refractivity contribution < 1.29 is 9.47 Å². The number of hydrogen-bond donors (Lipinski definition) is 1. The Labute approximate surface area is 127 Å². The van der Waals surface area contributed by atoms with E-state index in [4.69, 9.17) is 9.47 Å². The van der Waals surface area contributed by atoms with E-state index in [1.165, 1.54) is 24.9 Å². The van der Waals surface area contributed by atoms with Gasteiger partial charge in [-0.3, -0.25) is 0 Å². The first kappa shape index (κ1) is 14.7. The number of fused-ring (bicyclic) bond motifs is 1. The van der Waals surface area contributed by atoms with Gasteiger partial charge < -0.3 is 19.7 Å². The topological polar surface area (TPSA) is 33.7 Å². The zero-order chi connectivity index (χ0) is 14.7. The molecule has 2 aliphatic rings. The molecule has 4 nitrogen and oxygen atoms in total. The minimum atomic E-state index is 0.330. The van der Waals surface area contributed by atoms with Crippen molar-refractivity contribution in [1.82, 2.24) is 10.2 Å². The maximum atomic E-state index is 5.77. The van der Waals surface area contributed by atoms with Crippen LogP contribution < -0.4 is 14.8 Å². The van der Waals surface area contributed by atoms with Gasteiger partial charge in [0, 0.05) is 25.0 Å². The summed E-state index contributed by atoms with van der Waals surface area (Å²) in [7, 11) is 2.22. The molecule has 0 saturated carbocycles. The van der Waals surface area contributed by atoms with Gasteiger partial charge in [0.2, 0.25) is 0 Å². The fourth-order valence-corrected chi connectivity index (χ4v) is 3.12. The molecule has 2 atom stereocenters. The first-order valence-corrected chi connectivity index (χ1v) is 8.07. The summed E-state index contributed by atoms with van der Waals surface area (Å²) < 4.78 is 11.5. The Morgan fingerprint density at radius 1 is 1.24 bits per heavy atom. The number of likely N-dealkylation sites (N-methyl/N-ethyl adjacent to an activating group) is 1. The Hall–Kier alpha value is -1.26. The van der Waals surface area contributed by atoms with Crippen LogP contribution in [0.3, 0.4) is 0 Å². The third-order valence-corrected chi connectivity index (χ3v) is 4.60. The van der Waals surface area contributed by atoms with Gasteiger partial charge in [-0.1, -0.05) is 6.07 Å². The van der Waals surface area contributed by atoms with E-state index in [9.17, 15) is 0 Å². The van der Waals surface area contributed by atoms with Gasteiger partial charge >= 0.3 is 0 Å². The van der Waals surface area contributed by atoms with Gasteiger partial charge in [0.25, 0.3) is 0 Å². The molecule has 1 saturated heterocycles. The molecule has 0 aromatic heterocycles. The lowest BCUT2D eigenvalue weighted by molar-refractivity contribution is 0.293.